The molecule has 1 saturated carbocycles. The summed E-state index contributed by atoms with van der Waals surface area (Å²) in [5.74, 6) is -8.71. The SMILES string of the molecule is C/C(F)=C/C1[C@@H](C(=O)OCc2c(F)c(F)cc(F)c2F)C1(C)C. The van der Waals surface area contributed by atoms with Gasteiger partial charge in [-0.1, -0.05) is 13.8 Å². The van der Waals surface area contributed by atoms with Crippen molar-refractivity contribution in [1.29, 1.82) is 0 Å². The molecule has 23 heavy (non-hydrogen) atoms. The van der Waals surface area contributed by atoms with Crippen molar-refractivity contribution in [1.82, 2.24) is 0 Å². The Labute approximate surface area is 129 Å². The third-order valence-electron chi connectivity index (χ3n) is 4.14. The average Bonchev–Trinajstić information content (AvgIpc) is 2.96. The lowest BCUT2D eigenvalue weighted by molar-refractivity contribution is -0.147. The van der Waals surface area contributed by atoms with Crippen LogP contribution in [0.1, 0.15) is 26.3 Å². The lowest BCUT2D eigenvalue weighted by Gasteiger charge is -2.09. The molecule has 0 aromatic heterocycles. The van der Waals surface area contributed by atoms with Crippen molar-refractivity contribution in [3.63, 3.8) is 0 Å². The van der Waals surface area contributed by atoms with Crippen molar-refractivity contribution in [2.24, 2.45) is 17.3 Å². The van der Waals surface area contributed by atoms with Crippen molar-refractivity contribution in [3.8, 4) is 0 Å². The van der Waals surface area contributed by atoms with Crippen molar-refractivity contribution in [2.45, 2.75) is 27.4 Å². The number of ether oxygens (including phenoxy) is 1. The number of benzene rings is 1. The van der Waals surface area contributed by atoms with Gasteiger partial charge in [-0.15, -0.1) is 0 Å². The molecule has 1 unspecified atom stereocenters. The van der Waals surface area contributed by atoms with Crippen LogP contribution in [0.4, 0.5) is 22.0 Å². The van der Waals surface area contributed by atoms with E-state index in [2.05, 4.69) is 0 Å². The fourth-order valence-corrected chi connectivity index (χ4v) is 2.67. The van der Waals surface area contributed by atoms with E-state index in [1.165, 1.54) is 13.0 Å². The summed E-state index contributed by atoms with van der Waals surface area (Å²) in [6.45, 7) is 3.72. The molecule has 2 nitrogen and oxygen atoms in total. The Morgan fingerprint density at radius 1 is 1.22 bits per heavy atom. The maximum absolute atomic E-state index is 13.5. The molecule has 0 radical (unpaired) electrons. The second kappa shape index (κ2) is 5.94. The summed E-state index contributed by atoms with van der Waals surface area (Å²) in [6, 6.07) is 0.0742. The van der Waals surface area contributed by atoms with E-state index in [1.54, 1.807) is 13.8 Å². The quantitative estimate of drug-likeness (QED) is 0.462. The van der Waals surface area contributed by atoms with Crippen LogP contribution < -0.4 is 0 Å². The van der Waals surface area contributed by atoms with Gasteiger partial charge in [0.1, 0.15) is 6.61 Å². The first-order valence-electron chi connectivity index (χ1n) is 6.89. The van der Waals surface area contributed by atoms with E-state index in [4.69, 9.17) is 4.74 Å². The highest BCUT2D eigenvalue weighted by Crippen LogP contribution is 2.59. The minimum atomic E-state index is -1.61. The molecule has 2 atom stereocenters. The summed E-state index contributed by atoms with van der Waals surface area (Å²) in [5, 5.41) is 0. The van der Waals surface area contributed by atoms with Gasteiger partial charge in [0.2, 0.25) is 0 Å². The monoisotopic (exact) mass is 334 g/mol. The van der Waals surface area contributed by atoms with Gasteiger partial charge < -0.3 is 4.74 Å². The zero-order valence-corrected chi connectivity index (χ0v) is 12.7. The number of carbonyl (C=O) groups excluding carboxylic acids is 1. The molecule has 0 heterocycles. The third kappa shape index (κ3) is 3.23. The molecule has 0 saturated heterocycles. The van der Waals surface area contributed by atoms with Crippen molar-refractivity contribution >= 4 is 5.97 Å². The predicted octanol–water partition coefficient (Wildman–Crippen LogP) is 4.43. The molecular weight excluding hydrogens is 319 g/mol. The number of allylic oxidation sites excluding steroid dienone is 2. The molecule has 0 bridgehead atoms. The number of esters is 1. The summed E-state index contributed by atoms with van der Waals surface area (Å²) in [5.41, 5.74) is -1.56. The van der Waals surface area contributed by atoms with Crippen LogP contribution in [0.5, 0.6) is 0 Å². The van der Waals surface area contributed by atoms with Gasteiger partial charge in [0.05, 0.1) is 17.3 Å². The number of hydrogen-bond donors (Lipinski definition) is 0. The van der Waals surface area contributed by atoms with Gasteiger partial charge in [-0.3, -0.25) is 4.79 Å². The average molecular weight is 334 g/mol. The van der Waals surface area contributed by atoms with Gasteiger partial charge in [-0.05, 0) is 24.3 Å². The van der Waals surface area contributed by atoms with Crippen molar-refractivity contribution in [2.75, 3.05) is 0 Å². The molecule has 2 rings (SSSR count). The molecule has 1 aromatic carbocycles. The smallest absolute Gasteiger partial charge is 0.310 e. The van der Waals surface area contributed by atoms with Crippen LogP contribution in [-0.2, 0) is 16.1 Å². The highest BCUT2D eigenvalue weighted by atomic mass is 19.2. The number of halogens is 5. The standard InChI is InChI=1S/C16H15F5O2/c1-7(17)4-9-12(16(9,2)3)15(22)23-6-8-13(20)10(18)5-11(19)14(8)21/h4-5,9,12H,6H2,1-3H3/b7-4-/t9?,12-/m0/s1. The molecule has 0 N–H and O–H groups in total. The molecule has 7 heteroatoms. The van der Waals surface area contributed by atoms with E-state index < -0.39 is 64.5 Å². The van der Waals surface area contributed by atoms with Crippen LogP contribution in [0, 0.1) is 40.5 Å². The summed E-state index contributed by atoms with van der Waals surface area (Å²) in [7, 11) is 0. The second-order valence-electron chi connectivity index (χ2n) is 6.13. The van der Waals surface area contributed by atoms with Crippen molar-refractivity contribution in [3.05, 3.63) is 46.8 Å². The second-order valence-corrected chi connectivity index (χ2v) is 6.13. The number of rotatable bonds is 4. The Hall–Kier alpha value is -1.92. The lowest BCUT2D eigenvalue weighted by Crippen LogP contribution is -2.13. The van der Waals surface area contributed by atoms with Crippen LogP contribution in [0.25, 0.3) is 0 Å². The number of hydrogen-bond acceptors (Lipinski definition) is 2. The Morgan fingerprint density at radius 3 is 2.22 bits per heavy atom. The summed E-state index contributed by atoms with van der Waals surface area (Å²) in [4.78, 5) is 12.0. The highest BCUT2D eigenvalue weighted by molar-refractivity contribution is 5.78. The largest absolute Gasteiger partial charge is 0.460 e. The fraction of sp³-hybridized carbons (Fsp3) is 0.438. The van der Waals surface area contributed by atoms with Gasteiger partial charge in [0, 0.05) is 6.07 Å². The van der Waals surface area contributed by atoms with Gasteiger partial charge in [-0.2, -0.15) is 0 Å². The van der Waals surface area contributed by atoms with Crippen LogP contribution in [-0.4, -0.2) is 5.97 Å². The van der Waals surface area contributed by atoms with E-state index in [-0.39, 0.29) is 6.07 Å². The Bertz CT molecular complexity index is 651. The molecule has 0 amide bonds. The highest BCUT2D eigenvalue weighted by Gasteiger charge is 2.61. The molecule has 1 aromatic rings. The Morgan fingerprint density at radius 2 is 1.74 bits per heavy atom. The van der Waals surface area contributed by atoms with Gasteiger partial charge >= 0.3 is 5.97 Å². The first kappa shape index (κ1) is 17.4. The maximum Gasteiger partial charge on any atom is 0.310 e. The Kier molecular flexibility index (Phi) is 4.50. The van der Waals surface area contributed by atoms with Gasteiger partial charge in [0.25, 0.3) is 0 Å². The topological polar surface area (TPSA) is 26.3 Å². The van der Waals surface area contributed by atoms with Crippen LogP contribution in [0.2, 0.25) is 0 Å². The molecular formula is C16H15F5O2. The zero-order valence-electron chi connectivity index (χ0n) is 12.7. The molecule has 126 valence electrons. The lowest BCUT2D eigenvalue weighted by atomic mass is 10.1. The Balaban J connectivity index is 2.11. The van der Waals surface area contributed by atoms with E-state index in [0.29, 0.717) is 0 Å². The number of carbonyl (C=O) groups is 1. The molecule has 1 aliphatic carbocycles. The minimum Gasteiger partial charge on any atom is -0.460 e. The molecule has 1 fully saturated rings. The van der Waals surface area contributed by atoms with Crippen LogP contribution >= 0.6 is 0 Å². The summed E-state index contributed by atoms with van der Waals surface area (Å²) in [6.07, 6.45) is 1.27. The van der Waals surface area contributed by atoms with Gasteiger partial charge in [0.15, 0.2) is 23.3 Å². The van der Waals surface area contributed by atoms with Crippen LogP contribution in [0.15, 0.2) is 18.0 Å². The zero-order chi connectivity index (χ0) is 17.5. The summed E-state index contributed by atoms with van der Waals surface area (Å²) >= 11 is 0. The summed E-state index contributed by atoms with van der Waals surface area (Å²) < 4.78 is 70.8. The van der Waals surface area contributed by atoms with E-state index >= 15 is 0 Å². The minimum absolute atomic E-state index is 0.0742. The first-order valence-corrected chi connectivity index (χ1v) is 6.89. The van der Waals surface area contributed by atoms with Gasteiger partial charge in [-0.25, -0.2) is 22.0 Å². The first-order chi connectivity index (χ1) is 10.6. The van der Waals surface area contributed by atoms with E-state index in [0.717, 1.165) is 0 Å². The molecule has 0 spiro atoms. The van der Waals surface area contributed by atoms with E-state index in [9.17, 15) is 26.7 Å². The molecule has 0 aliphatic heterocycles. The van der Waals surface area contributed by atoms with E-state index in [1.807, 2.05) is 0 Å². The maximum atomic E-state index is 13.5. The van der Waals surface area contributed by atoms with Crippen LogP contribution in [0.3, 0.4) is 0 Å². The third-order valence-corrected chi connectivity index (χ3v) is 4.14. The van der Waals surface area contributed by atoms with Crippen molar-refractivity contribution < 1.29 is 31.5 Å². The predicted molar refractivity (Wildman–Crippen MR) is 71.7 cm³/mol. The fourth-order valence-electron chi connectivity index (χ4n) is 2.67. The molecule has 1 aliphatic rings. The normalized spacial score (nSPS) is 22.9.